The minimum atomic E-state index is -0.253. The highest BCUT2D eigenvalue weighted by atomic mass is 16.5. The molecule has 1 amide bonds. The van der Waals surface area contributed by atoms with Crippen LogP contribution in [0.2, 0.25) is 0 Å². The second-order valence-electron chi connectivity index (χ2n) is 6.10. The van der Waals surface area contributed by atoms with Gasteiger partial charge in [0, 0.05) is 32.7 Å². The average Bonchev–Trinajstić information content (AvgIpc) is 2.74. The number of carbonyl (C=O) groups excluding carboxylic acids is 1. The van der Waals surface area contributed by atoms with E-state index in [2.05, 4.69) is 15.6 Å². The quantitative estimate of drug-likeness (QED) is 0.534. The van der Waals surface area contributed by atoms with Gasteiger partial charge in [-0.3, -0.25) is 9.78 Å². The molecule has 2 N–H and O–H groups in total. The van der Waals surface area contributed by atoms with Gasteiger partial charge in [-0.25, -0.2) is 0 Å². The number of para-hydroxylation sites is 3. The number of ether oxygens (including phenoxy) is 2. The molecule has 0 fully saturated rings. The van der Waals surface area contributed by atoms with Crippen molar-refractivity contribution in [3.05, 3.63) is 78.6 Å². The fourth-order valence-electron chi connectivity index (χ4n) is 2.58. The lowest BCUT2D eigenvalue weighted by molar-refractivity contribution is 0.102. The van der Waals surface area contributed by atoms with Crippen molar-refractivity contribution in [2.24, 2.45) is 0 Å². The Morgan fingerprint density at radius 2 is 1.82 bits per heavy atom. The van der Waals surface area contributed by atoms with Gasteiger partial charge in [-0.15, -0.1) is 0 Å². The minimum Gasteiger partial charge on any atom is -0.455 e. The van der Waals surface area contributed by atoms with E-state index in [0.717, 1.165) is 18.7 Å². The summed E-state index contributed by atoms with van der Waals surface area (Å²) in [7, 11) is 1.67. The molecule has 28 heavy (non-hydrogen) atoms. The van der Waals surface area contributed by atoms with Crippen molar-refractivity contribution in [2.75, 3.05) is 30.9 Å². The highest BCUT2D eigenvalue weighted by Gasteiger charge is 2.11. The van der Waals surface area contributed by atoms with Crippen LogP contribution in [0.3, 0.4) is 0 Å². The third-order valence-electron chi connectivity index (χ3n) is 3.96. The summed E-state index contributed by atoms with van der Waals surface area (Å²) in [6.45, 7) is 1.42. The predicted octanol–water partition coefficient (Wildman–Crippen LogP) is 4.57. The lowest BCUT2D eigenvalue weighted by Gasteiger charge is -2.12. The standard InChI is InChI=1S/C22H23N3O3/c1-27-13-7-12-24-18-14-17(15-23-16-18)22(26)25-20-10-5-6-11-21(20)28-19-8-3-2-4-9-19/h2-6,8-11,14-16,24H,7,12-13H2,1H3,(H,25,26). The zero-order valence-electron chi connectivity index (χ0n) is 15.7. The average molecular weight is 377 g/mol. The number of amides is 1. The van der Waals surface area contributed by atoms with Crippen molar-refractivity contribution >= 4 is 17.3 Å². The first kappa shape index (κ1) is 19.4. The molecule has 2 aromatic carbocycles. The number of nitrogens with one attached hydrogen (secondary N) is 2. The SMILES string of the molecule is COCCCNc1cncc(C(=O)Nc2ccccc2Oc2ccccc2)c1. The van der Waals surface area contributed by atoms with Crippen LogP contribution in [0.25, 0.3) is 0 Å². The van der Waals surface area contributed by atoms with Gasteiger partial charge in [-0.2, -0.15) is 0 Å². The fraction of sp³-hybridized carbons (Fsp3) is 0.182. The van der Waals surface area contributed by atoms with Crippen molar-refractivity contribution in [1.29, 1.82) is 0 Å². The molecular formula is C22H23N3O3. The molecule has 6 heteroatoms. The molecule has 6 nitrogen and oxygen atoms in total. The van der Waals surface area contributed by atoms with Crippen LogP contribution in [0.15, 0.2) is 73.1 Å². The zero-order chi connectivity index (χ0) is 19.6. The zero-order valence-corrected chi connectivity index (χ0v) is 15.7. The number of methoxy groups -OCH3 is 1. The van der Waals surface area contributed by atoms with E-state index in [1.54, 1.807) is 25.4 Å². The van der Waals surface area contributed by atoms with Crippen LogP contribution < -0.4 is 15.4 Å². The molecule has 144 valence electrons. The summed E-state index contributed by atoms with van der Waals surface area (Å²) >= 11 is 0. The summed E-state index contributed by atoms with van der Waals surface area (Å²) in [6.07, 6.45) is 4.10. The van der Waals surface area contributed by atoms with Gasteiger partial charge in [0.2, 0.25) is 0 Å². The summed E-state index contributed by atoms with van der Waals surface area (Å²) in [4.78, 5) is 16.8. The lowest BCUT2D eigenvalue weighted by Crippen LogP contribution is -2.13. The van der Waals surface area contributed by atoms with Gasteiger partial charge in [0.25, 0.3) is 5.91 Å². The van der Waals surface area contributed by atoms with Gasteiger partial charge in [-0.1, -0.05) is 30.3 Å². The first-order chi connectivity index (χ1) is 13.8. The number of rotatable bonds is 9. The Kier molecular flexibility index (Phi) is 6.98. The number of benzene rings is 2. The van der Waals surface area contributed by atoms with Crippen molar-refractivity contribution in [2.45, 2.75) is 6.42 Å². The normalized spacial score (nSPS) is 10.3. The van der Waals surface area contributed by atoms with E-state index < -0.39 is 0 Å². The number of hydrogen-bond acceptors (Lipinski definition) is 5. The Hall–Kier alpha value is -3.38. The summed E-state index contributed by atoms with van der Waals surface area (Å²) in [5.74, 6) is 1.02. The number of anilines is 2. The molecule has 0 aliphatic carbocycles. The molecule has 0 atom stereocenters. The van der Waals surface area contributed by atoms with Crippen LogP contribution in [0, 0.1) is 0 Å². The highest BCUT2D eigenvalue weighted by Crippen LogP contribution is 2.29. The van der Waals surface area contributed by atoms with Gasteiger partial charge in [0.1, 0.15) is 5.75 Å². The van der Waals surface area contributed by atoms with Crippen molar-refractivity contribution in [1.82, 2.24) is 4.98 Å². The second kappa shape index (κ2) is 10.1. The largest absolute Gasteiger partial charge is 0.455 e. The molecule has 0 saturated carbocycles. The molecule has 0 unspecified atom stereocenters. The van der Waals surface area contributed by atoms with Crippen molar-refractivity contribution in [3.63, 3.8) is 0 Å². The molecule has 3 rings (SSSR count). The number of aromatic nitrogens is 1. The highest BCUT2D eigenvalue weighted by molar-refractivity contribution is 6.05. The Morgan fingerprint density at radius 3 is 2.64 bits per heavy atom. The van der Waals surface area contributed by atoms with E-state index in [9.17, 15) is 4.79 Å². The maximum Gasteiger partial charge on any atom is 0.257 e. The fourth-order valence-corrected chi connectivity index (χ4v) is 2.58. The molecule has 0 bridgehead atoms. The third kappa shape index (κ3) is 5.56. The molecule has 3 aromatic rings. The van der Waals surface area contributed by atoms with Crippen LogP contribution in [0.1, 0.15) is 16.8 Å². The molecule has 0 radical (unpaired) electrons. The van der Waals surface area contributed by atoms with Gasteiger partial charge in [0.15, 0.2) is 5.75 Å². The molecule has 0 aliphatic rings. The van der Waals surface area contributed by atoms with Gasteiger partial charge in [-0.05, 0) is 36.8 Å². The van der Waals surface area contributed by atoms with E-state index >= 15 is 0 Å². The van der Waals surface area contributed by atoms with E-state index in [1.807, 2.05) is 48.5 Å². The topological polar surface area (TPSA) is 72.5 Å². The number of hydrogen-bond donors (Lipinski definition) is 2. The Morgan fingerprint density at radius 1 is 1.04 bits per heavy atom. The third-order valence-corrected chi connectivity index (χ3v) is 3.96. The Balaban J connectivity index is 1.68. The number of nitrogens with zero attached hydrogens (tertiary/aromatic N) is 1. The summed E-state index contributed by atoms with van der Waals surface area (Å²) in [6, 6.07) is 18.5. The maximum absolute atomic E-state index is 12.7. The monoisotopic (exact) mass is 377 g/mol. The van der Waals surface area contributed by atoms with Crippen LogP contribution in [0.5, 0.6) is 11.5 Å². The molecule has 1 heterocycles. The Labute approximate surface area is 164 Å². The van der Waals surface area contributed by atoms with Crippen LogP contribution >= 0.6 is 0 Å². The Bertz CT molecular complexity index is 900. The molecule has 0 spiro atoms. The van der Waals surface area contributed by atoms with Gasteiger partial charge in [0.05, 0.1) is 16.9 Å². The summed E-state index contributed by atoms with van der Waals surface area (Å²) < 4.78 is 10.9. The summed E-state index contributed by atoms with van der Waals surface area (Å²) in [5, 5.41) is 6.13. The van der Waals surface area contributed by atoms with E-state index in [1.165, 1.54) is 6.20 Å². The predicted molar refractivity (Wildman–Crippen MR) is 110 cm³/mol. The van der Waals surface area contributed by atoms with E-state index in [-0.39, 0.29) is 5.91 Å². The molecule has 1 aromatic heterocycles. The smallest absolute Gasteiger partial charge is 0.257 e. The van der Waals surface area contributed by atoms with Crippen LogP contribution in [-0.4, -0.2) is 31.2 Å². The molecule has 0 aliphatic heterocycles. The molecular weight excluding hydrogens is 354 g/mol. The number of pyridine rings is 1. The van der Waals surface area contributed by atoms with E-state index in [4.69, 9.17) is 9.47 Å². The number of carbonyl (C=O) groups is 1. The van der Waals surface area contributed by atoms with Gasteiger partial charge >= 0.3 is 0 Å². The van der Waals surface area contributed by atoms with Crippen LogP contribution in [-0.2, 0) is 4.74 Å². The minimum absolute atomic E-state index is 0.253. The first-order valence-electron chi connectivity index (χ1n) is 9.07. The van der Waals surface area contributed by atoms with Crippen molar-refractivity contribution < 1.29 is 14.3 Å². The maximum atomic E-state index is 12.7. The van der Waals surface area contributed by atoms with Gasteiger partial charge < -0.3 is 20.1 Å². The molecule has 0 saturated heterocycles. The first-order valence-corrected chi connectivity index (χ1v) is 9.07. The van der Waals surface area contributed by atoms with Crippen molar-refractivity contribution in [3.8, 4) is 11.5 Å². The van der Waals surface area contributed by atoms with Crippen LogP contribution in [0.4, 0.5) is 11.4 Å². The van der Waals surface area contributed by atoms with E-state index in [0.29, 0.717) is 29.4 Å². The summed E-state index contributed by atoms with van der Waals surface area (Å²) in [5.41, 5.74) is 1.85. The second-order valence-corrected chi connectivity index (χ2v) is 6.10. The lowest BCUT2D eigenvalue weighted by atomic mass is 10.2.